The molecule has 1 amide bonds. The molecule has 1 atom stereocenters. The van der Waals surface area contributed by atoms with E-state index in [-0.39, 0.29) is 11.9 Å². The number of para-hydroxylation sites is 1. The standard InChI is InChI=1S/C19H18N2O/c1-15(16-8-3-2-4-9-16)20-19(22)14-21-13-7-11-17-10-5-6-12-18(17)21/h2-13,15H,14H2,1H3/p+1/t15-/m1/s1. The first-order valence-electron chi connectivity index (χ1n) is 7.45. The van der Waals surface area contributed by atoms with Gasteiger partial charge in [-0.05, 0) is 24.6 Å². The van der Waals surface area contributed by atoms with E-state index in [9.17, 15) is 4.79 Å². The number of hydrogen-bond acceptors (Lipinski definition) is 1. The van der Waals surface area contributed by atoms with Gasteiger partial charge in [-0.15, -0.1) is 0 Å². The van der Waals surface area contributed by atoms with Crippen molar-refractivity contribution in [1.29, 1.82) is 0 Å². The lowest BCUT2D eigenvalue weighted by Gasteiger charge is -2.13. The second kappa shape index (κ2) is 6.39. The van der Waals surface area contributed by atoms with Crippen molar-refractivity contribution in [2.45, 2.75) is 19.5 Å². The lowest BCUT2D eigenvalue weighted by Crippen LogP contribution is -2.43. The van der Waals surface area contributed by atoms with E-state index in [1.54, 1.807) is 0 Å². The van der Waals surface area contributed by atoms with Crippen molar-refractivity contribution in [3.63, 3.8) is 0 Å². The van der Waals surface area contributed by atoms with Crippen molar-refractivity contribution in [3.05, 3.63) is 78.5 Å². The van der Waals surface area contributed by atoms with Gasteiger partial charge in [0.05, 0.1) is 6.04 Å². The van der Waals surface area contributed by atoms with Gasteiger partial charge in [0.2, 0.25) is 12.1 Å². The van der Waals surface area contributed by atoms with Crippen LogP contribution in [0.15, 0.2) is 72.9 Å². The average molecular weight is 291 g/mol. The predicted molar refractivity (Wildman–Crippen MR) is 87.1 cm³/mol. The summed E-state index contributed by atoms with van der Waals surface area (Å²) in [4.78, 5) is 12.3. The molecule has 3 rings (SSSR count). The largest absolute Gasteiger partial charge is 0.344 e. The summed E-state index contributed by atoms with van der Waals surface area (Å²) < 4.78 is 1.97. The highest BCUT2D eigenvalue weighted by molar-refractivity contribution is 5.77. The van der Waals surface area contributed by atoms with Crippen molar-refractivity contribution in [1.82, 2.24) is 5.32 Å². The Morgan fingerprint density at radius 1 is 1.00 bits per heavy atom. The van der Waals surface area contributed by atoms with E-state index in [0.717, 1.165) is 16.5 Å². The molecule has 22 heavy (non-hydrogen) atoms. The molecule has 0 saturated carbocycles. The van der Waals surface area contributed by atoms with Crippen LogP contribution in [-0.4, -0.2) is 5.91 Å². The summed E-state index contributed by atoms with van der Waals surface area (Å²) in [5.41, 5.74) is 2.17. The molecule has 0 saturated heterocycles. The molecule has 1 aromatic heterocycles. The number of carbonyl (C=O) groups excluding carboxylic acids is 1. The minimum atomic E-state index is 0.00396. The van der Waals surface area contributed by atoms with Crippen LogP contribution < -0.4 is 9.88 Å². The molecule has 3 nitrogen and oxygen atoms in total. The third-order valence-corrected chi connectivity index (χ3v) is 3.78. The number of carbonyl (C=O) groups is 1. The molecule has 1 heterocycles. The van der Waals surface area contributed by atoms with E-state index in [2.05, 4.69) is 17.4 Å². The summed E-state index contributed by atoms with van der Waals surface area (Å²) >= 11 is 0. The van der Waals surface area contributed by atoms with Gasteiger partial charge in [-0.2, -0.15) is 4.57 Å². The van der Waals surface area contributed by atoms with E-state index in [1.165, 1.54) is 0 Å². The van der Waals surface area contributed by atoms with Crippen LogP contribution >= 0.6 is 0 Å². The fourth-order valence-corrected chi connectivity index (χ4v) is 2.63. The molecule has 1 N–H and O–H groups in total. The zero-order valence-corrected chi connectivity index (χ0v) is 12.6. The second-order valence-corrected chi connectivity index (χ2v) is 5.39. The van der Waals surface area contributed by atoms with Gasteiger partial charge in [-0.3, -0.25) is 4.79 Å². The first kappa shape index (κ1) is 14.3. The maximum absolute atomic E-state index is 12.3. The summed E-state index contributed by atoms with van der Waals surface area (Å²) in [5, 5.41) is 4.18. The fourth-order valence-electron chi connectivity index (χ4n) is 2.63. The lowest BCUT2D eigenvalue weighted by atomic mass is 10.1. The molecule has 110 valence electrons. The maximum Gasteiger partial charge on any atom is 0.286 e. The SMILES string of the molecule is C[C@@H](NC(=O)C[n+]1cccc2ccccc21)c1ccccc1. The fraction of sp³-hybridized carbons (Fsp3) is 0.158. The first-order valence-corrected chi connectivity index (χ1v) is 7.45. The highest BCUT2D eigenvalue weighted by atomic mass is 16.2. The van der Waals surface area contributed by atoms with Gasteiger partial charge in [0.25, 0.3) is 5.91 Å². The molecule has 0 spiro atoms. The maximum atomic E-state index is 12.3. The Morgan fingerprint density at radius 2 is 1.68 bits per heavy atom. The van der Waals surface area contributed by atoms with Crippen molar-refractivity contribution in [2.24, 2.45) is 0 Å². The van der Waals surface area contributed by atoms with Crippen LogP contribution in [0.2, 0.25) is 0 Å². The van der Waals surface area contributed by atoms with Crippen LogP contribution in [0, 0.1) is 0 Å². The van der Waals surface area contributed by atoms with Crippen LogP contribution in [0.3, 0.4) is 0 Å². The van der Waals surface area contributed by atoms with Gasteiger partial charge in [-0.1, -0.05) is 42.5 Å². The second-order valence-electron chi connectivity index (χ2n) is 5.39. The molecular weight excluding hydrogens is 272 g/mol. The smallest absolute Gasteiger partial charge is 0.286 e. The molecule has 2 aromatic carbocycles. The highest BCUT2D eigenvalue weighted by Gasteiger charge is 2.15. The number of amides is 1. The highest BCUT2D eigenvalue weighted by Crippen LogP contribution is 2.11. The van der Waals surface area contributed by atoms with Gasteiger partial charge in [0.15, 0.2) is 6.20 Å². The monoisotopic (exact) mass is 291 g/mol. The number of benzene rings is 2. The zero-order valence-electron chi connectivity index (χ0n) is 12.6. The van der Waals surface area contributed by atoms with Gasteiger partial charge < -0.3 is 5.32 Å². The number of nitrogens with one attached hydrogen (secondary N) is 1. The Hall–Kier alpha value is -2.68. The third kappa shape index (κ3) is 3.14. The van der Waals surface area contributed by atoms with E-state index in [0.29, 0.717) is 6.54 Å². The number of aromatic nitrogens is 1. The van der Waals surface area contributed by atoms with Crippen LogP contribution in [0.4, 0.5) is 0 Å². The molecule has 0 bridgehead atoms. The number of hydrogen-bond donors (Lipinski definition) is 1. The minimum absolute atomic E-state index is 0.00396. The van der Waals surface area contributed by atoms with Crippen LogP contribution in [0.1, 0.15) is 18.5 Å². The Kier molecular flexibility index (Phi) is 4.15. The van der Waals surface area contributed by atoms with Gasteiger partial charge >= 0.3 is 0 Å². The summed E-state index contributed by atoms with van der Waals surface area (Å²) in [7, 11) is 0. The third-order valence-electron chi connectivity index (χ3n) is 3.78. The van der Waals surface area contributed by atoms with Crippen LogP contribution in [0.5, 0.6) is 0 Å². The molecule has 0 aliphatic heterocycles. The Balaban J connectivity index is 1.74. The number of pyridine rings is 1. The first-order chi connectivity index (χ1) is 10.7. The van der Waals surface area contributed by atoms with E-state index in [4.69, 9.17) is 0 Å². The van der Waals surface area contributed by atoms with Crippen LogP contribution in [-0.2, 0) is 11.3 Å². The van der Waals surface area contributed by atoms with E-state index < -0.39 is 0 Å². The molecule has 3 aromatic rings. The predicted octanol–water partition coefficient (Wildman–Crippen LogP) is 3.00. The van der Waals surface area contributed by atoms with Gasteiger partial charge in [0, 0.05) is 17.5 Å². The molecule has 0 fully saturated rings. The Morgan fingerprint density at radius 3 is 2.50 bits per heavy atom. The normalized spacial score (nSPS) is 12.0. The van der Waals surface area contributed by atoms with Crippen molar-refractivity contribution in [3.8, 4) is 0 Å². The molecule has 0 aliphatic carbocycles. The quantitative estimate of drug-likeness (QED) is 0.736. The molecule has 0 radical (unpaired) electrons. The van der Waals surface area contributed by atoms with Crippen molar-refractivity contribution >= 4 is 16.8 Å². The van der Waals surface area contributed by atoms with Crippen molar-refractivity contribution < 1.29 is 9.36 Å². The number of fused-ring (bicyclic) bond motifs is 1. The minimum Gasteiger partial charge on any atom is -0.344 e. The van der Waals surface area contributed by atoms with E-state index >= 15 is 0 Å². The average Bonchev–Trinajstić information content (AvgIpc) is 2.56. The number of rotatable bonds is 4. The summed E-state index contributed by atoms with van der Waals surface area (Å²) in [6.07, 6.45) is 1.94. The van der Waals surface area contributed by atoms with Gasteiger partial charge in [0.1, 0.15) is 0 Å². The Labute approximate surface area is 130 Å². The molecular formula is C19H19N2O+. The zero-order chi connectivity index (χ0) is 15.4. The van der Waals surface area contributed by atoms with E-state index in [1.807, 2.05) is 72.3 Å². The summed E-state index contributed by atoms with van der Waals surface area (Å²) in [6.45, 7) is 2.32. The topological polar surface area (TPSA) is 33.0 Å². The van der Waals surface area contributed by atoms with Crippen molar-refractivity contribution in [2.75, 3.05) is 0 Å². The van der Waals surface area contributed by atoms with Gasteiger partial charge in [-0.25, -0.2) is 0 Å². The molecule has 3 heteroatoms. The molecule has 0 unspecified atom stereocenters. The lowest BCUT2D eigenvalue weighted by molar-refractivity contribution is -0.658. The molecule has 0 aliphatic rings. The van der Waals surface area contributed by atoms with Crippen LogP contribution in [0.25, 0.3) is 10.9 Å². The summed E-state index contributed by atoms with van der Waals surface area (Å²) in [6, 6.07) is 22.1. The Bertz CT molecular complexity index is 778. The number of nitrogens with zero attached hydrogens (tertiary/aromatic N) is 1. The summed E-state index contributed by atoms with van der Waals surface area (Å²) in [5.74, 6) is 0.0118.